The number of hydrogen-bond donors (Lipinski definition) is 3. The topological polar surface area (TPSA) is 121 Å². The van der Waals surface area contributed by atoms with E-state index in [1.54, 1.807) is 24.3 Å². The van der Waals surface area contributed by atoms with Gasteiger partial charge in [0.1, 0.15) is 13.2 Å². The van der Waals surface area contributed by atoms with Crippen LogP contribution >= 0.6 is 0 Å². The van der Waals surface area contributed by atoms with Crippen LogP contribution in [0.2, 0.25) is 0 Å². The van der Waals surface area contributed by atoms with Crippen molar-refractivity contribution in [2.75, 3.05) is 18.4 Å². The van der Waals surface area contributed by atoms with Gasteiger partial charge in [-0.2, -0.15) is 10.2 Å². The lowest BCUT2D eigenvalue weighted by atomic mass is 10.2. The van der Waals surface area contributed by atoms with Crippen LogP contribution in [0.1, 0.15) is 5.56 Å². The molecular formula is C24H23N5O4. The van der Waals surface area contributed by atoms with Crippen molar-refractivity contribution in [3.8, 4) is 0 Å². The van der Waals surface area contributed by atoms with Crippen molar-refractivity contribution < 1.29 is 19.1 Å². The summed E-state index contributed by atoms with van der Waals surface area (Å²) in [5, 5.41) is 15.7. The number of azo groups is 1. The fourth-order valence-corrected chi connectivity index (χ4v) is 2.59. The van der Waals surface area contributed by atoms with Crippen LogP contribution in [0.5, 0.6) is 0 Å². The molecule has 3 aromatic carbocycles. The predicted octanol–water partition coefficient (Wildman–Crippen LogP) is 4.08. The van der Waals surface area contributed by atoms with Gasteiger partial charge in [0.15, 0.2) is 0 Å². The average molecular weight is 445 g/mol. The summed E-state index contributed by atoms with van der Waals surface area (Å²) in [6.07, 6.45) is -0.719. The molecule has 3 aromatic rings. The van der Waals surface area contributed by atoms with Gasteiger partial charge < -0.3 is 20.7 Å². The molecule has 0 saturated heterocycles. The number of carbonyl (C=O) groups is 3. The van der Waals surface area contributed by atoms with Crippen molar-refractivity contribution in [3.05, 3.63) is 90.5 Å². The number of alkyl carbamates (subject to hydrolysis) is 1. The molecule has 0 spiro atoms. The van der Waals surface area contributed by atoms with E-state index in [1.165, 1.54) is 0 Å². The smallest absolute Gasteiger partial charge is 0.407 e. The first-order valence-electron chi connectivity index (χ1n) is 10.2. The van der Waals surface area contributed by atoms with Gasteiger partial charge in [0.25, 0.3) is 0 Å². The van der Waals surface area contributed by atoms with E-state index in [4.69, 9.17) is 4.74 Å². The van der Waals surface area contributed by atoms with Crippen LogP contribution in [0.4, 0.5) is 21.9 Å². The lowest BCUT2D eigenvalue weighted by Crippen LogP contribution is -2.40. The zero-order valence-corrected chi connectivity index (χ0v) is 17.7. The molecule has 0 atom stereocenters. The normalized spacial score (nSPS) is 10.4. The lowest BCUT2D eigenvalue weighted by molar-refractivity contribution is -0.123. The molecule has 0 bridgehead atoms. The summed E-state index contributed by atoms with van der Waals surface area (Å²) in [4.78, 5) is 35.5. The van der Waals surface area contributed by atoms with E-state index in [0.29, 0.717) is 11.4 Å². The fraction of sp³-hybridized carbons (Fsp3) is 0.125. The Labute approximate surface area is 190 Å². The Hall–Kier alpha value is -4.53. The van der Waals surface area contributed by atoms with E-state index in [9.17, 15) is 14.4 Å². The highest BCUT2D eigenvalue weighted by molar-refractivity contribution is 5.95. The summed E-state index contributed by atoms with van der Waals surface area (Å²) < 4.78 is 5.01. The number of nitrogens with zero attached hydrogens (tertiary/aromatic N) is 2. The van der Waals surface area contributed by atoms with Gasteiger partial charge in [-0.1, -0.05) is 48.5 Å². The molecule has 168 valence electrons. The number of amides is 3. The number of carbonyl (C=O) groups excluding carboxylic acids is 3. The van der Waals surface area contributed by atoms with Crippen molar-refractivity contribution in [3.63, 3.8) is 0 Å². The van der Waals surface area contributed by atoms with E-state index in [1.807, 2.05) is 60.7 Å². The number of rotatable bonds is 9. The molecule has 0 unspecified atom stereocenters. The maximum atomic E-state index is 12.0. The molecule has 0 saturated carbocycles. The summed E-state index contributed by atoms with van der Waals surface area (Å²) in [7, 11) is 0. The standard InChI is InChI=1S/C24H23N5O4/c30-22(15-26-24(32)33-17-18-7-3-1-4-8-18)25-16-23(31)27-19-11-13-21(14-12-19)29-28-20-9-5-2-6-10-20/h1-14H,15-17H2,(H,25,30)(H,26,32)(H,27,31). The zero-order valence-electron chi connectivity index (χ0n) is 17.7. The third-order valence-electron chi connectivity index (χ3n) is 4.24. The summed E-state index contributed by atoms with van der Waals surface area (Å²) in [6, 6.07) is 25.3. The zero-order chi connectivity index (χ0) is 23.3. The highest BCUT2D eigenvalue weighted by atomic mass is 16.5. The molecule has 0 radical (unpaired) electrons. The van der Waals surface area contributed by atoms with Gasteiger partial charge in [0.2, 0.25) is 11.8 Å². The summed E-state index contributed by atoms with van der Waals surface area (Å²) in [5.41, 5.74) is 2.76. The number of nitrogens with one attached hydrogen (secondary N) is 3. The van der Waals surface area contributed by atoms with Crippen LogP contribution in [0.15, 0.2) is 95.2 Å². The van der Waals surface area contributed by atoms with Gasteiger partial charge >= 0.3 is 6.09 Å². The molecule has 9 heteroatoms. The maximum Gasteiger partial charge on any atom is 0.407 e. The van der Waals surface area contributed by atoms with Crippen LogP contribution in [0.25, 0.3) is 0 Å². The monoisotopic (exact) mass is 445 g/mol. The predicted molar refractivity (Wildman–Crippen MR) is 123 cm³/mol. The molecule has 33 heavy (non-hydrogen) atoms. The van der Waals surface area contributed by atoms with Gasteiger partial charge in [0, 0.05) is 5.69 Å². The first kappa shape index (κ1) is 23.1. The summed E-state index contributed by atoms with van der Waals surface area (Å²) in [5.74, 6) is -0.924. The largest absolute Gasteiger partial charge is 0.445 e. The first-order chi connectivity index (χ1) is 16.1. The molecular weight excluding hydrogens is 422 g/mol. The molecule has 0 aliphatic rings. The summed E-state index contributed by atoms with van der Waals surface area (Å²) >= 11 is 0. The van der Waals surface area contributed by atoms with Crippen LogP contribution < -0.4 is 16.0 Å². The van der Waals surface area contributed by atoms with E-state index >= 15 is 0 Å². The Morgan fingerprint density at radius 1 is 0.667 bits per heavy atom. The minimum Gasteiger partial charge on any atom is -0.445 e. The highest BCUT2D eigenvalue weighted by Gasteiger charge is 2.09. The maximum absolute atomic E-state index is 12.0. The van der Waals surface area contributed by atoms with Crippen LogP contribution in [-0.2, 0) is 20.9 Å². The fourth-order valence-electron chi connectivity index (χ4n) is 2.59. The third-order valence-corrected chi connectivity index (χ3v) is 4.24. The Bertz CT molecular complexity index is 1090. The van der Waals surface area contributed by atoms with E-state index in [0.717, 1.165) is 11.3 Å². The van der Waals surface area contributed by atoms with Gasteiger partial charge in [0.05, 0.1) is 17.9 Å². The van der Waals surface area contributed by atoms with Crippen LogP contribution in [-0.4, -0.2) is 31.0 Å². The molecule has 0 fully saturated rings. The van der Waals surface area contributed by atoms with E-state index in [-0.39, 0.29) is 19.7 Å². The van der Waals surface area contributed by atoms with Gasteiger partial charge in [-0.15, -0.1) is 0 Å². The number of hydrogen-bond acceptors (Lipinski definition) is 6. The molecule has 3 amide bonds. The van der Waals surface area contributed by atoms with Crippen molar-refractivity contribution in [2.45, 2.75) is 6.61 Å². The molecule has 0 heterocycles. The first-order valence-corrected chi connectivity index (χ1v) is 10.2. The Morgan fingerprint density at radius 2 is 1.24 bits per heavy atom. The summed E-state index contributed by atoms with van der Waals surface area (Å²) in [6.45, 7) is -0.444. The van der Waals surface area contributed by atoms with Crippen LogP contribution in [0.3, 0.4) is 0 Å². The third kappa shape index (κ3) is 8.62. The Kier molecular flexibility index (Phi) is 8.66. The highest BCUT2D eigenvalue weighted by Crippen LogP contribution is 2.19. The van der Waals surface area contributed by atoms with Gasteiger partial charge in [-0.3, -0.25) is 9.59 Å². The average Bonchev–Trinajstić information content (AvgIpc) is 2.86. The number of anilines is 1. The molecule has 0 aliphatic carbocycles. The van der Waals surface area contributed by atoms with E-state index in [2.05, 4.69) is 26.2 Å². The van der Waals surface area contributed by atoms with Crippen molar-refractivity contribution in [1.82, 2.24) is 10.6 Å². The minimum atomic E-state index is -0.719. The molecule has 0 aromatic heterocycles. The van der Waals surface area contributed by atoms with Crippen molar-refractivity contribution in [2.24, 2.45) is 10.2 Å². The Morgan fingerprint density at radius 3 is 1.91 bits per heavy atom. The number of ether oxygens (including phenoxy) is 1. The van der Waals surface area contributed by atoms with Gasteiger partial charge in [-0.05, 0) is 42.0 Å². The van der Waals surface area contributed by atoms with Crippen molar-refractivity contribution >= 4 is 35.0 Å². The Balaban J connectivity index is 1.33. The minimum absolute atomic E-state index is 0.100. The molecule has 3 rings (SSSR count). The second-order valence-electron chi connectivity index (χ2n) is 6.82. The SMILES string of the molecule is O=C(CNC(=O)OCc1ccccc1)NCC(=O)Nc1ccc(N=Nc2ccccc2)cc1. The van der Waals surface area contributed by atoms with Crippen LogP contribution in [0, 0.1) is 0 Å². The lowest BCUT2D eigenvalue weighted by Gasteiger charge is -2.09. The molecule has 3 N–H and O–H groups in total. The second-order valence-corrected chi connectivity index (χ2v) is 6.82. The van der Waals surface area contributed by atoms with Gasteiger partial charge in [-0.25, -0.2) is 4.79 Å². The molecule has 0 aliphatic heterocycles. The van der Waals surface area contributed by atoms with Crippen molar-refractivity contribution in [1.29, 1.82) is 0 Å². The number of benzene rings is 3. The van der Waals surface area contributed by atoms with E-state index < -0.39 is 17.9 Å². The molecule has 9 nitrogen and oxygen atoms in total. The quantitative estimate of drug-likeness (QED) is 0.430. The second kappa shape index (κ2) is 12.4.